The van der Waals surface area contributed by atoms with E-state index in [1.54, 1.807) is 0 Å². The molecule has 16 heavy (non-hydrogen) atoms. The van der Waals surface area contributed by atoms with Crippen LogP contribution < -0.4 is 0 Å². The second-order valence-corrected chi connectivity index (χ2v) is 8.44. The Hall–Kier alpha value is 0. The molecular weight excluding hydrogens is 192 g/mol. The van der Waals surface area contributed by atoms with Crippen LogP contribution in [-0.2, 0) is 0 Å². The van der Waals surface area contributed by atoms with Crippen molar-refractivity contribution in [2.24, 2.45) is 34.5 Å². The normalized spacial score (nSPS) is 40.1. The minimum atomic E-state index is 0.521. The first-order valence-electron chi connectivity index (χ1n) is 7.21. The molecule has 0 heteroatoms. The molecule has 94 valence electrons. The van der Waals surface area contributed by atoms with Crippen molar-refractivity contribution in [3.63, 3.8) is 0 Å². The molecule has 0 aliphatic heterocycles. The summed E-state index contributed by atoms with van der Waals surface area (Å²) < 4.78 is 0. The van der Waals surface area contributed by atoms with Gasteiger partial charge in [0.05, 0.1) is 0 Å². The lowest BCUT2D eigenvalue weighted by Crippen LogP contribution is -2.24. The molecule has 2 aliphatic rings. The zero-order chi connectivity index (χ0) is 12.1. The summed E-state index contributed by atoms with van der Waals surface area (Å²) in [4.78, 5) is 0. The third-order valence-electron chi connectivity index (χ3n) is 5.39. The lowest BCUT2D eigenvalue weighted by atomic mass is 9.73. The van der Waals surface area contributed by atoms with Crippen molar-refractivity contribution in [1.29, 1.82) is 0 Å². The number of hydrogen-bond donors (Lipinski definition) is 0. The summed E-state index contributed by atoms with van der Waals surface area (Å²) in [6, 6.07) is 0. The highest BCUT2D eigenvalue weighted by molar-refractivity contribution is 5.01. The molecule has 0 radical (unpaired) electrons. The molecule has 0 amide bonds. The molecule has 2 rings (SSSR count). The molecule has 4 unspecified atom stereocenters. The van der Waals surface area contributed by atoms with Crippen LogP contribution in [0.25, 0.3) is 0 Å². The standard InChI is InChI=1S/C16H30/c1-15(2,3)13-10-14(16(4,5)6)12-9-7-8-11(12)13/h11-14H,7-10H2,1-6H3. The summed E-state index contributed by atoms with van der Waals surface area (Å²) in [6.45, 7) is 14.7. The lowest BCUT2D eigenvalue weighted by molar-refractivity contribution is 0.170. The van der Waals surface area contributed by atoms with E-state index < -0.39 is 0 Å². The van der Waals surface area contributed by atoms with Gasteiger partial charge < -0.3 is 0 Å². The zero-order valence-corrected chi connectivity index (χ0v) is 12.1. The van der Waals surface area contributed by atoms with Gasteiger partial charge in [0.2, 0.25) is 0 Å². The van der Waals surface area contributed by atoms with E-state index in [0.717, 1.165) is 23.7 Å². The summed E-state index contributed by atoms with van der Waals surface area (Å²) in [5.41, 5.74) is 1.04. The molecule has 2 fully saturated rings. The fraction of sp³-hybridized carbons (Fsp3) is 1.00. The van der Waals surface area contributed by atoms with Crippen LogP contribution >= 0.6 is 0 Å². The van der Waals surface area contributed by atoms with Gasteiger partial charge >= 0.3 is 0 Å². The maximum absolute atomic E-state index is 2.46. The van der Waals surface area contributed by atoms with Gasteiger partial charge in [0.1, 0.15) is 0 Å². The quantitative estimate of drug-likeness (QED) is 0.533. The van der Waals surface area contributed by atoms with Crippen molar-refractivity contribution in [1.82, 2.24) is 0 Å². The average molecular weight is 222 g/mol. The Morgan fingerprint density at radius 2 is 1.06 bits per heavy atom. The van der Waals surface area contributed by atoms with E-state index in [1.807, 2.05) is 0 Å². The molecule has 0 spiro atoms. The van der Waals surface area contributed by atoms with Crippen molar-refractivity contribution < 1.29 is 0 Å². The van der Waals surface area contributed by atoms with Crippen LogP contribution in [0.5, 0.6) is 0 Å². The fourth-order valence-electron chi connectivity index (χ4n) is 4.63. The van der Waals surface area contributed by atoms with Gasteiger partial charge in [0.15, 0.2) is 0 Å². The highest BCUT2D eigenvalue weighted by Crippen LogP contribution is 2.60. The van der Waals surface area contributed by atoms with E-state index in [9.17, 15) is 0 Å². The maximum atomic E-state index is 2.46. The van der Waals surface area contributed by atoms with Crippen molar-refractivity contribution in [2.75, 3.05) is 0 Å². The molecule has 0 aromatic rings. The zero-order valence-electron chi connectivity index (χ0n) is 12.1. The van der Waals surface area contributed by atoms with Crippen molar-refractivity contribution in [3.05, 3.63) is 0 Å². The summed E-state index contributed by atoms with van der Waals surface area (Å²) >= 11 is 0. The second kappa shape index (κ2) is 3.75. The van der Waals surface area contributed by atoms with Gasteiger partial charge in [-0.15, -0.1) is 0 Å². The summed E-state index contributed by atoms with van der Waals surface area (Å²) in [6.07, 6.45) is 6.01. The first kappa shape index (κ1) is 12.5. The van der Waals surface area contributed by atoms with Gasteiger partial charge in [0, 0.05) is 0 Å². The Bertz CT molecular complexity index is 224. The molecule has 0 aromatic heterocycles. The molecule has 0 heterocycles. The van der Waals surface area contributed by atoms with Gasteiger partial charge in [-0.3, -0.25) is 0 Å². The SMILES string of the molecule is CC(C)(C)C1CC(C(C)(C)C)C2CCCC21. The van der Waals surface area contributed by atoms with E-state index in [2.05, 4.69) is 41.5 Å². The first-order valence-corrected chi connectivity index (χ1v) is 7.21. The van der Waals surface area contributed by atoms with Crippen LogP contribution in [0.4, 0.5) is 0 Å². The predicted octanol–water partition coefficient (Wildman–Crippen LogP) is 5.13. The molecule has 0 bridgehead atoms. The van der Waals surface area contributed by atoms with Crippen LogP contribution in [0.15, 0.2) is 0 Å². The molecule has 0 N–H and O–H groups in total. The van der Waals surface area contributed by atoms with Gasteiger partial charge in [0.25, 0.3) is 0 Å². The molecule has 4 atom stereocenters. The highest BCUT2D eigenvalue weighted by Gasteiger charge is 2.51. The van der Waals surface area contributed by atoms with Crippen LogP contribution in [0.2, 0.25) is 0 Å². The fourth-order valence-corrected chi connectivity index (χ4v) is 4.63. The Morgan fingerprint density at radius 3 is 1.38 bits per heavy atom. The van der Waals surface area contributed by atoms with Gasteiger partial charge in [-0.05, 0) is 53.8 Å². The number of hydrogen-bond acceptors (Lipinski definition) is 0. The summed E-state index contributed by atoms with van der Waals surface area (Å²) in [5, 5.41) is 0. The third kappa shape index (κ3) is 2.05. The molecule has 2 saturated carbocycles. The van der Waals surface area contributed by atoms with Crippen LogP contribution in [0, 0.1) is 34.5 Å². The van der Waals surface area contributed by atoms with Gasteiger partial charge in [-0.1, -0.05) is 48.0 Å². The van der Waals surface area contributed by atoms with Crippen molar-refractivity contribution >= 4 is 0 Å². The van der Waals surface area contributed by atoms with E-state index in [1.165, 1.54) is 25.7 Å². The summed E-state index contributed by atoms with van der Waals surface area (Å²) in [5.74, 6) is 4.04. The second-order valence-electron chi connectivity index (χ2n) is 8.44. The molecule has 0 aromatic carbocycles. The number of rotatable bonds is 0. The topological polar surface area (TPSA) is 0 Å². The van der Waals surface area contributed by atoms with E-state index in [4.69, 9.17) is 0 Å². The summed E-state index contributed by atoms with van der Waals surface area (Å²) in [7, 11) is 0. The molecule has 0 saturated heterocycles. The van der Waals surface area contributed by atoms with Crippen molar-refractivity contribution in [3.8, 4) is 0 Å². The monoisotopic (exact) mass is 222 g/mol. The van der Waals surface area contributed by atoms with Gasteiger partial charge in [-0.25, -0.2) is 0 Å². The highest BCUT2D eigenvalue weighted by atomic mass is 14.6. The average Bonchev–Trinajstić information content (AvgIpc) is 2.54. The minimum Gasteiger partial charge on any atom is -0.0599 e. The number of fused-ring (bicyclic) bond motifs is 1. The Balaban J connectivity index is 2.22. The van der Waals surface area contributed by atoms with Crippen LogP contribution in [0.1, 0.15) is 67.2 Å². The Labute approximate surface area is 102 Å². The van der Waals surface area contributed by atoms with E-state index in [-0.39, 0.29) is 0 Å². The Kier molecular flexibility index (Phi) is 2.92. The lowest BCUT2D eigenvalue weighted by Gasteiger charge is -2.33. The van der Waals surface area contributed by atoms with Crippen LogP contribution in [0.3, 0.4) is 0 Å². The third-order valence-corrected chi connectivity index (χ3v) is 5.39. The van der Waals surface area contributed by atoms with E-state index in [0.29, 0.717) is 10.8 Å². The molecule has 0 nitrogen and oxygen atoms in total. The first-order chi connectivity index (χ1) is 7.21. The Morgan fingerprint density at radius 1 is 0.688 bits per heavy atom. The maximum Gasteiger partial charge on any atom is -0.0331 e. The molecular formula is C16H30. The predicted molar refractivity (Wildman–Crippen MR) is 71.3 cm³/mol. The molecule has 2 aliphatic carbocycles. The van der Waals surface area contributed by atoms with E-state index >= 15 is 0 Å². The van der Waals surface area contributed by atoms with Gasteiger partial charge in [-0.2, -0.15) is 0 Å². The smallest absolute Gasteiger partial charge is 0.0331 e. The largest absolute Gasteiger partial charge is 0.0599 e. The minimum absolute atomic E-state index is 0.521. The van der Waals surface area contributed by atoms with Crippen molar-refractivity contribution in [2.45, 2.75) is 67.2 Å². The van der Waals surface area contributed by atoms with Crippen LogP contribution in [-0.4, -0.2) is 0 Å².